The number of rotatable bonds is 6. The Morgan fingerprint density at radius 2 is 1.88 bits per heavy atom. The van der Waals surface area contributed by atoms with E-state index in [4.69, 9.17) is 16.6 Å². The van der Waals surface area contributed by atoms with Crippen LogP contribution in [0, 0.1) is 0 Å². The van der Waals surface area contributed by atoms with Gasteiger partial charge in [0, 0.05) is 5.56 Å². The molecule has 0 aliphatic rings. The van der Waals surface area contributed by atoms with Gasteiger partial charge in [0.25, 0.3) is 5.91 Å². The van der Waals surface area contributed by atoms with Crippen LogP contribution in [0.4, 0.5) is 10.5 Å². The topological polar surface area (TPSA) is 189 Å². The molecule has 0 saturated heterocycles. The Kier molecular flexibility index (Phi) is 6.88. The highest BCUT2D eigenvalue weighted by Crippen LogP contribution is 2.13. The van der Waals surface area contributed by atoms with E-state index in [1.807, 2.05) is 10.7 Å². The summed E-state index contributed by atoms with van der Waals surface area (Å²) < 4.78 is 0. The average Bonchev–Trinajstić information content (AvgIpc) is 2.51. The van der Waals surface area contributed by atoms with Gasteiger partial charge in [-0.15, -0.1) is 0 Å². The van der Waals surface area contributed by atoms with E-state index in [0.29, 0.717) is 11.5 Å². The number of amidine groups is 1. The number of aliphatic carboxylic acids is 1. The second kappa shape index (κ2) is 8.86. The third-order valence-corrected chi connectivity index (χ3v) is 2.73. The second-order valence-electron chi connectivity index (χ2n) is 4.91. The smallest absolute Gasteiger partial charge is 0.334 e. The fourth-order valence-corrected chi connectivity index (χ4v) is 1.70. The summed E-state index contributed by atoms with van der Waals surface area (Å²) in [6.45, 7) is 1.59. The van der Waals surface area contributed by atoms with E-state index < -0.39 is 36.3 Å². The maximum absolute atomic E-state index is 12.0. The van der Waals surface area contributed by atoms with E-state index in [1.165, 1.54) is 12.1 Å². The number of nitrogens with two attached hydrogens (primary N) is 2. The lowest BCUT2D eigenvalue weighted by Gasteiger charge is -2.14. The van der Waals surface area contributed by atoms with Crippen molar-refractivity contribution in [1.29, 1.82) is 0 Å². The van der Waals surface area contributed by atoms with Crippen LogP contribution in [-0.2, 0) is 9.59 Å². The number of amides is 4. The maximum Gasteiger partial charge on any atom is 0.334 e. The van der Waals surface area contributed by atoms with Gasteiger partial charge < -0.3 is 21.9 Å². The van der Waals surface area contributed by atoms with Gasteiger partial charge in [0.15, 0.2) is 0 Å². The van der Waals surface area contributed by atoms with Gasteiger partial charge in [0.2, 0.25) is 5.91 Å². The van der Waals surface area contributed by atoms with Gasteiger partial charge in [0.1, 0.15) is 6.04 Å². The van der Waals surface area contributed by atoms with Crippen molar-refractivity contribution < 1.29 is 24.3 Å². The molecule has 11 nitrogen and oxygen atoms in total. The molecule has 0 unspecified atom stereocenters. The highest BCUT2D eigenvalue weighted by atomic mass is 16.4. The predicted molar refractivity (Wildman–Crippen MR) is 87.8 cm³/mol. The van der Waals surface area contributed by atoms with Crippen LogP contribution in [0.2, 0.25) is 0 Å². The quantitative estimate of drug-likeness (QED) is 0.216. The molecule has 1 atom stereocenters. The van der Waals surface area contributed by atoms with E-state index in [1.54, 1.807) is 19.1 Å². The molecule has 0 aliphatic carbocycles. The van der Waals surface area contributed by atoms with Crippen molar-refractivity contribution in [2.75, 3.05) is 0 Å². The molecular weight excluding hydrogens is 332 g/mol. The largest absolute Gasteiger partial charge is 0.481 e. The lowest BCUT2D eigenvalue weighted by Crippen LogP contribution is -2.53. The molecule has 0 radical (unpaired) electrons. The summed E-state index contributed by atoms with van der Waals surface area (Å²) in [5.41, 5.74) is 15.2. The first-order valence-electron chi connectivity index (χ1n) is 6.98. The summed E-state index contributed by atoms with van der Waals surface area (Å²) in [5.74, 6) is -2.69. The predicted octanol–water partition coefficient (Wildman–Crippen LogP) is -1.03. The number of hydrogen-bond acceptors (Lipinski definition) is 5. The summed E-state index contributed by atoms with van der Waals surface area (Å²) in [4.78, 5) is 49.2. The van der Waals surface area contributed by atoms with Gasteiger partial charge in [-0.05, 0) is 25.1 Å². The lowest BCUT2D eigenvalue weighted by molar-refractivity contribution is -0.139. The number of hydrazine groups is 1. The number of carboxylic acid groups (broad SMARTS) is 1. The number of urea groups is 1. The van der Waals surface area contributed by atoms with Crippen LogP contribution in [0.15, 0.2) is 29.3 Å². The first-order valence-corrected chi connectivity index (χ1v) is 6.98. The average molecular weight is 350 g/mol. The van der Waals surface area contributed by atoms with E-state index >= 15 is 0 Å². The number of carbonyl (C=O) groups is 4. The Labute approximate surface area is 142 Å². The molecule has 1 aromatic rings. The Bertz CT molecular complexity index is 713. The summed E-state index contributed by atoms with van der Waals surface area (Å²) in [7, 11) is 0. The second-order valence-corrected chi connectivity index (χ2v) is 4.91. The SMILES string of the molecule is CC(N)=Nc1cccc(C(=O)NNC(=O)N[C@@H](CC(=O)O)C(N)=O)c1. The Balaban J connectivity index is 2.63. The van der Waals surface area contributed by atoms with Crippen LogP contribution < -0.4 is 27.6 Å². The number of hydrogen-bond donors (Lipinski definition) is 6. The monoisotopic (exact) mass is 350 g/mol. The molecule has 134 valence electrons. The molecule has 8 N–H and O–H groups in total. The van der Waals surface area contributed by atoms with Gasteiger partial charge in [0.05, 0.1) is 17.9 Å². The minimum absolute atomic E-state index is 0.194. The maximum atomic E-state index is 12.0. The first-order chi connectivity index (χ1) is 11.7. The number of primary amides is 1. The van der Waals surface area contributed by atoms with Gasteiger partial charge in [-0.3, -0.25) is 19.8 Å². The van der Waals surface area contributed by atoms with Crippen LogP contribution in [-0.4, -0.2) is 40.8 Å². The van der Waals surface area contributed by atoms with Crippen LogP contribution >= 0.6 is 0 Å². The molecule has 0 aliphatic heterocycles. The summed E-state index contributed by atoms with van der Waals surface area (Å²) in [6.07, 6.45) is -0.685. The third-order valence-electron chi connectivity index (χ3n) is 2.73. The minimum Gasteiger partial charge on any atom is -0.481 e. The molecule has 0 fully saturated rings. The molecule has 1 rings (SSSR count). The molecule has 1 aromatic carbocycles. The molecule has 4 amide bonds. The summed E-state index contributed by atoms with van der Waals surface area (Å²) >= 11 is 0. The zero-order valence-electron chi connectivity index (χ0n) is 13.3. The molecular formula is C14H18N6O5. The van der Waals surface area contributed by atoms with E-state index in [9.17, 15) is 19.2 Å². The normalized spacial score (nSPS) is 12.0. The molecule has 11 heteroatoms. The number of nitrogens with zero attached hydrogens (tertiary/aromatic N) is 1. The standard InChI is InChI=1S/C14H18N6O5/c1-7(15)17-9-4-2-3-8(5-9)13(24)19-20-14(25)18-10(12(16)23)6-11(21)22/h2-5,10H,6H2,1H3,(H2,15,17)(H2,16,23)(H,19,24)(H,21,22)(H2,18,20,25)/t10-/m0/s1. The number of nitrogens with one attached hydrogen (secondary N) is 3. The van der Waals surface area contributed by atoms with Crippen LogP contribution in [0.5, 0.6) is 0 Å². The van der Waals surface area contributed by atoms with Crippen molar-refractivity contribution in [2.24, 2.45) is 16.5 Å². The highest BCUT2D eigenvalue weighted by molar-refractivity contribution is 5.96. The third kappa shape index (κ3) is 6.99. The molecule has 25 heavy (non-hydrogen) atoms. The number of benzene rings is 1. The number of aliphatic imine (C=N–C) groups is 1. The van der Waals surface area contributed by atoms with Gasteiger partial charge in [-0.1, -0.05) is 6.07 Å². The van der Waals surface area contributed by atoms with E-state index in [2.05, 4.69) is 10.4 Å². The zero-order valence-corrected chi connectivity index (χ0v) is 13.3. The summed E-state index contributed by atoms with van der Waals surface area (Å²) in [5, 5.41) is 10.7. The van der Waals surface area contributed by atoms with Crippen molar-refractivity contribution >= 4 is 35.3 Å². The number of carbonyl (C=O) groups excluding carboxylic acids is 3. The fourth-order valence-electron chi connectivity index (χ4n) is 1.70. The highest BCUT2D eigenvalue weighted by Gasteiger charge is 2.21. The van der Waals surface area contributed by atoms with Gasteiger partial charge in [-0.2, -0.15) is 0 Å². The molecule has 0 bridgehead atoms. The Morgan fingerprint density at radius 3 is 2.44 bits per heavy atom. The fraction of sp³-hybridized carbons (Fsp3) is 0.214. The van der Waals surface area contributed by atoms with E-state index in [-0.39, 0.29) is 5.56 Å². The molecule has 0 heterocycles. The van der Waals surface area contributed by atoms with Crippen molar-refractivity contribution in [3.05, 3.63) is 29.8 Å². The van der Waals surface area contributed by atoms with Crippen molar-refractivity contribution in [2.45, 2.75) is 19.4 Å². The Hall–Kier alpha value is -3.63. The summed E-state index contributed by atoms with van der Waals surface area (Å²) in [6, 6.07) is 3.73. The lowest BCUT2D eigenvalue weighted by atomic mass is 10.2. The van der Waals surface area contributed by atoms with Crippen LogP contribution in [0.3, 0.4) is 0 Å². The number of carboxylic acids is 1. The van der Waals surface area contributed by atoms with Crippen molar-refractivity contribution in [1.82, 2.24) is 16.2 Å². The van der Waals surface area contributed by atoms with Crippen molar-refractivity contribution in [3.8, 4) is 0 Å². The molecule has 0 spiro atoms. The Morgan fingerprint density at radius 1 is 1.20 bits per heavy atom. The van der Waals surface area contributed by atoms with Crippen LogP contribution in [0.25, 0.3) is 0 Å². The van der Waals surface area contributed by atoms with Crippen molar-refractivity contribution in [3.63, 3.8) is 0 Å². The first kappa shape index (κ1) is 19.4. The van der Waals surface area contributed by atoms with E-state index in [0.717, 1.165) is 0 Å². The van der Waals surface area contributed by atoms with Crippen LogP contribution in [0.1, 0.15) is 23.7 Å². The molecule has 0 saturated carbocycles. The zero-order chi connectivity index (χ0) is 19.0. The van der Waals surface area contributed by atoms with Gasteiger partial charge >= 0.3 is 12.0 Å². The van der Waals surface area contributed by atoms with Gasteiger partial charge in [-0.25, -0.2) is 15.2 Å². The minimum atomic E-state index is -1.42. The molecule has 0 aromatic heterocycles.